The normalized spacial score (nSPS) is 13.6. The van der Waals surface area contributed by atoms with E-state index in [9.17, 15) is 12.8 Å². The summed E-state index contributed by atoms with van der Waals surface area (Å²) in [7, 11) is -3.74. The van der Waals surface area contributed by atoms with Gasteiger partial charge >= 0.3 is 0 Å². The summed E-state index contributed by atoms with van der Waals surface area (Å²) in [5.74, 6) is -0.578. The topological polar surface area (TPSA) is 66.4 Å². The van der Waals surface area contributed by atoms with Crippen molar-refractivity contribution in [3.63, 3.8) is 0 Å². The first-order chi connectivity index (χ1) is 8.39. The highest BCUT2D eigenvalue weighted by molar-refractivity contribution is 7.89. The number of benzene rings is 1. The predicted molar refractivity (Wildman–Crippen MR) is 67.2 cm³/mol. The number of nitrogens with one attached hydrogen (secondary N) is 1. The SMILES string of the molecule is CCC(CCO)NS(=O)(=O)c1cc(C)cc(F)c1. The molecule has 0 bridgehead atoms. The molecule has 0 heterocycles. The molecule has 2 N–H and O–H groups in total. The third-order valence-corrected chi connectivity index (χ3v) is 4.12. The fourth-order valence-corrected chi connectivity index (χ4v) is 3.12. The molecule has 102 valence electrons. The first kappa shape index (κ1) is 15.1. The van der Waals surface area contributed by atoms with E-state index in [0.29, 0.717) is 18.4 Å². The van der Waals surface area contributed by atoms with Crippen molar-refractivity contribution in [2.75, 3.05) is 6.61 Å². The molecule has 1 aromatic carbocycles. The second-order valence-corrected chi connectivity index (χ2v) is 5.92. The Balaban J connectivity index is 2.98. The Bertz CT molecular complexity index is 482. The summed E-state index contributed by atoms with van der Waals surface area (Å²) in [4.78, 5) is -0.0867. The number of hydrogen-bond acceptors (Lipinski definition) is 3. The van der Waals surface area contributed by atoms with Crippen LogP contribution in [0.3, 0.4) is 0 Å². The summed E-state index contributed by atoms with van der Waals surface area (Å²) in [5, 5.41) is 8.83. The number of halogens is 1. The third kappa shape index (κ3) is 4.04. The molecule has 1 aromatic rings. The molecule has 18 heavy (non-hydrogen) atoms. The van der Waals surface area contributed by atoms with Crippen molar-refractivity contribution in [2.45, 2.75) is 37.6 Å². The van der Waals surface area contributed by atoms with Gasteiger partial charge in [0.1, 0.15) is 5.82 Å². The maximum absolute atomic E-state index is 13.2. The van der Waals surface area contributed by atoms with Crippen LogP contribution in [0.25, 0.3) is 0 Å². The lowest BCUT2D eigenvalue weighted by Crippen LogP contribution is -2.35. The maximum atomic E-state index is 13.2. The van der Waals surface area contributed by atoms with Crippen molar-refractivity contribution in [3.8, 4) is 0 Å². The van der Waals surface area contributed by atoms with Crippen LogP contribution in [0.4, 0.5) is 4.39 Å². The predicted octanol–water partition coefficient (Wildman–Crippen LogP) is 1.57. The van der Waals surface area contributed by atoms with Crippen molar-refractivity contribution in [1.29, 1.82) is 0 Å². The smallest absolute Gasteiger partial charge is 0.240 e. The van der Waals surface area contributed by atoms with E-state index in [2.05, 4.69) is 4.72 Å². The number of aryl methyl sites for hydroxylation is 1. The van der Waals surface area contributed by atoms with E-state index < -0.39 is 15.8 Å². The molecule has 0 radical (unpaired) electrons. The van der Waals surface area contributed by atoms with Gasteiger partial charge < -0.3 is 5.11 Å². The Morgan fingerprint density at radius 1 is 1.39 bits per heavy atom. The minimum Gasteiger partial charge on any atom is -0.396 e. The van der Waals surface area contributed by atoms with Gasteiger partial charge in [0, 0.05) is 12.6 Å². The van der Waals surface area contributed by atoms with Crippen LogP contribution in [0, 0.1) is 12.7 Å². The molecule has 0 saturated heterocycles. The molecule has 0 aliphatic rings. The van der Waals surface area contributed by atoms with Gasteiger partial charge in [-0.25, -0.2) is 17.5 Å². The lowest BCUT2D eigenvalue weighted by Gasteiger charge is -2.16. The van der Waals surface area contributed by atoms with E-state index in [0.717, 1.165) is 6.07 Å². The highest BCUT2D eigenvalue weighted by Crippen LogP contribution is 2.15. The van der Waals surface area contributed by atoms with E-state index in [1.807, 2.05) is 6.92 Å². The Hall–Kier alpha value is -0.980. The van der Waals surface area contributed by atoms with Crippen LogP contribution >= 0.6 is 0 Å². The van der Waals surface area contributed by atoms with Gasteiger partial charge in [0.15, 0.2) is 0 Å². The average Bonchev–Trinajstić information content (AvgIpc) is 2.27. The second-order valence-electron chi connectivity index (χ2n) is 4.20. The van der Waals surface area contributed by atoms with Crippen LogP contribution in [0.5, 0.6) is 0 Å². The molecular formula is C12H18FNO3S. The highest BCUT2D eigenvalue weighted by Gasteiger charge is 2.19. The third-order valence-electron chi connectivity index (χ3n) is 2.62. The summed E-state index contributed by atoms with van der Waals surface area (Å²) in [5.41, 5.74) is 0.547. The van der Waals surface area contributed by atoms with Crippen molar-refractivity contribution in [1.82, 2.24) is 4.72 Å². The minimum atomic E-state index is -3.74. The Morgan fingerprint density at radius 3 is 2.56 bits per heavy atom. The number of hydrogen-bond donors (Lipinski definition) is 2. The molecule has 0 saturated carbocycles. The first-order valence-electron chi connectivity index (χ1n) is 5.79. The molecule has 0 fully saturated rings. The zero-order chi connectivity index (χ0) is 13.8. The van der Waals surface area contributed by atoms with Gasteiger partial charge in [-0.15, -0.1) is 0 Å². The molecule has 0 aliphatic carbocycles. The standard InChI is InChI=1S/C12H18FNO3S/c1-3-11(4-5-15)14-18(16,17)12-7-9(2)6-10(13)8-12/h6-8,11,14-15H,3-5H2,1-2H3. The lowest BCUT2D eigenvalue weighted by atomic mass is 10.2. The quantitative estimate of drug-likeness (QED) is 0.828. The molecule has 0 spiro atoms. The van der Waals surface area contributed by atoms with Crippen molar-refractivity contribution in [2.24, 2.45) is 0 Å². The number of rotatable bonds is 6. The van der Waals surface area contributed by atoms with Gasteiger partial charge in [0.05, 0.1) is 4.90 Å². The van der Waals surface area contributed by atoms with Crippen LogP contribution in [-0.2, 0) is 10.0 Å². The molecule has 0 amide bonds. The highest BCUT2D eigenvalue weighted by atomic mass is 32.2. The fourth-order valence-electron chi connectivity index (χ4n) is 1.65. The van der Waals surface area contributed by atoms with E-state index >= 15 is 0 Å². The first-order valence-corrected chi connectivity index (χ1v) is 7.27. The summed E-state index contributed by atoms with van der Waals surface area (Å²) < 4.78 is 39.7. The molecule has 1 unspecified atom stereocenters. The van der Waals surface area contributed by atoms with Gasteiger partial charge in [0.25, 0.3) is 0 Å². The largest absolute Gasteiger partial charge is 0.396 e. The Morgan fingerprint density at radius 2 is 2.06 bits per heavy atom. The van der Waals surface area contributed by atoms with Gasteiger partial charge in [-0.05, 0) is 43.5 Å². The van der Waals surface area contributed by atoms with Crippen molar-refractivity contribution >= 4 is 10.0 Å². The van der Waals surface area contributed by atoms with Crippen LogP contribution < -0.4 is 4.72 Å². The summed E-state index contributed by atoms with van der Waals surface area (Å²) in [6, 6.07) is 3.32. The van der Waals surface area contributed by atoms with Gasteiger partial charge in [0.2, 0.25) is 10.0 Å². The van der Waals surface area contributed by atoms with Crippen molar-refractivity contribution in [3.05, 3.63) is 29.6 Å². The van der Waals surface area contributed by atoms with Crippen LogP contribution in [0.15, 0.2) is 23.1 Å². The molecule has 0 aliphatic heterocycles. The van der Waals surface area contributed by atoms with Gasteiger partial charge in [-0.2, -0.15) is 0 Å². The molecule has 6 heteroatoms. The second kappa shape index (κ2) is 6.26. The van der Waals surface area contributed by atoms with Gasteiger partial charge in [-0.3, -0.25) is 0 Å². The monoisotopic (exact) mass is 275 g/mol. The van der Waals surface area contributed by atoms with E-state index in [-0.39, 0.29) is 17.5 Å². The summed E-state index contributed by atoms with van der Waals surface area (Å²) in [6.45, 7) is 3.36. The lowest BCUT2D eigenvalue weighted by molar-refractivity contribution is 0.270. The van der Waals surface area contributed by atoms with E-state index in [4.69, 9.17) is 5.11 Å². The Kier molecular flexibility index (Phi) is 5.25. The summed E-state index contributed by atoms with van der Waals surface area (Å²) >= 11 is 0. The molecular weight excluding hydrogens is 257 g/mol. The minimum absolute atomic E-state index is 0.0867. The summed E-state index contributed by atoms with van der Waals surface area (Å²) in [6.07, 6.45) is 0.901. The molecule has 4 nitrogen and oxygen atoms in total. The maximum Gasteiger partial charge on any atom is 0.240 e. The number of sulfonamides is 1. The van der Waals surface area contributed by atoms with Gasteiger partial charge in [-0.1, -0.05) is 6.92 Å². The van der Waals surface area contributed by atoms with Crippen LogP contribution in [0.1, 0.15) is 25.3 Å². The zero-order valence-electron chi connectivity index (χ0n) is 10.5. The van der Waals surface area contributed by atoms with E-state index in [1.54, 1.807) is 6.92 Å². The van der Waals surface area contributed by atoms with Crippen LogP contribution in [0.2, 0.25) is 0 Å². The number of aliphatic hydroxyl groups excluding tert-OH is 1. The molecule has 1 atom stereocenters. The number of aliphatic hydroxyl groups is 1. The molecule has 1 rings (SSSR count). The zero-order valence-corrected chi connectivity index (χ0v) is 11.3. The van der Waals surface area contributed by atoms with E-state index in [1.165, 1.54) is 12.1 Å². The average molecular weight is 275 g/mol. The fraction of sp³-hybridized carbons (Fsp3) is 0.500. The Labute approximate surface area is 107 Å². The van der Waals surface area contributed by atoms with Crippen molar-refractivity contribution < 1.29 is 17.9 Å². The van der Waals surface area contributed by atoms with Crippen LogP contribution in [-0.4, -0.2) is 26.2 Å². The molecule has 0 aromatic heterocycles.